The lowest BCUT2D eigenvalue weighted by molar-refractivity contribution is -0.922. The highest BCUT2D eigenvalue weighted by Gasteiger charge is 2.37. The molecule has 170 valence electrons. The van der Waals surface area contributed by atoms with Crippen LogP contribution in [0.25, 0.3) is 0 Å². The van der Waals surface area contributed by atoms with Crippen LogP contribution in [-0.2, 0) is 0 Å². The molecular formula is C24H42N2O4+2. The number of aliphatic hydroxyl groups excluding tert-OH is 2. The number of nitrogens with zero attached hydrogens (tertiary/aromatic N) is 2. The zero-order valence-electron chi connectivity index (χ0n) is 19.3. The molecule has 0 aliphatic carbocycles. The molecule has 6 heteroatoms. The van der Waals surface area contributed by atoms with Gasteiger partial charge >= 0.3 is 0 Å². The fourth-order valence-corrected chi connectivity index (χ4v) is 5.21. The van der Waals surface area contributed by atoms with Crippen LogP contribution in [0.15, 0.2) is 24.3 Å². The van der Waals surface area contributed by atoms with Crippen LogP contribution in [0.5, 0.6) is 11.5 Å². The van der Waals surface area contributed by atoms with Gasteiger partial charge in [-0.3, -0.25) is 0 Å². The van der Waals surface area contributed by atoms with Gasteiger partial charge in [0.15, 0.2) is 0 Å². The summed E-state index contributed by atoms with van der Waals surface area (Å²) in [6, 6.07) is 8.66. The Morgan fingerprint density at radius 1 is 0.867 bits per heavy atom. The van der Waals surface area contributed by atoms with Crippen LogP contribution in [0, 0.1) is 0 Å². The first-order valence-corrected chi connectivity index (χ1v) is 11.6. The van der Waals surface area contributed by atoms with Crippen molar-refractivity contribution in [1.29, 1.82) is 0 Å². The molecule has 0 spiro atoms. The highest BCUT2D eigenvalue weighted by molar-refractivity contribution is 5.33. The van der Waals surface area contributed by atoms with E-state index in [1.807, 2.05) is 24.3 Å². The normalized spacial score (nSPS) is 33.4. The molecule has 3 rings (SSSR count). The Hall–Kier alpha value is -1.34. The number of hydrogen-bond donors (Lipinski definition) is 2. The summed E-state index contributed by atoms with van der Waals surface area (Å²) in [5, 5.41) is 20.9. The van der Waals surface area contributed by atoms with Gasteiger partial charge in [0.2, 0.25) is 0 Å². The van der Waals surface area contributed by atoms with E-state index >= 15 is 0 Å². The third-order valence-corrected chi connectivity index (χ3v) is 7.66. The third-order valence-electron chi connectivity index (χ3n) is 7.66. The van der Waals surface area contributed by atoms with Crippen LogP contribution in [0.3, 0.4) is 0 Å². The maximum absolute atomic E-state index is 10.5. The minimum absolute atomic E-state index is 0.278. The molecule has 2 aliphatic rings. The fraction of sp³-hybridized carbons (Fsp3) is 0.750. The molecule has 2 saturated heterocycles. The van der Waals surface area contributed by atoms with E-state index < -0.39 is 12.2 Å². The molecule has 30 heavy (non-hydrogen) atoms. The summed E-state index contributed by atoms with van der Waals surface area (Å²) >= 11 is 0. The van der Waals surface area contributed by atoms with E-state index in [1.54, 1.807) is 0 Å². The molecule has 0 radical (unpaired) electrons. The summed E-state index contributed by atoms with van der Waals surface area (Å²) < 4.78 is 13.5. The van der Waals surface area contributed by atoms with Crippen LogP contribution in [0.2, 0.25) is 0 Å². The average molecular weight is 423 g/mol. The average Bonchev–Trinajstić information content (AvgIpc) is 3.20. The van der Waals surface area contributed by atoms with E-state index in [-0.39, 0.29) is 13.2 Å². The number of rotatable bonds is 10. The topological polar surface area (TPSA) is 58.9 Å². The van der Waals surface area contributed by atoms with Gasteiger partial charge in [0, 0.05) is 31.7 Å². The molecular weight excluding hydrogens is 380 g/mol. The molecule has 2 N–H and O–H groups in total. The van der Waals surface area contributed by atoms with Gasteiger partial charge in [-0.25, -0.2) is 0 Å². The standard InChI is InChI=1S/C24H42N2O4/c1-19-8-6-12-25(19,3)15-21(27)17-29-23-10-5-11-24(14-23)30-18-22(28)16-26(4)13-7-9-20(26)2/h5,10-11,14,19-22,27-28H,6-9,12-13,15-18H2,1-4H3/q+2. The van der Waals surface area contributed by atoms with Gasteiger partial charge in [-0.15, -0.1) is 0 Å². The second-order valence-electron chi connectivity index (χ2n) is 10.2. The monoisotopic (exact) mass is 422 g/mol. The third kappa shape index (κ3) is 5.88. The molecule has 0 aromatic heterocycles. The van der Waals surface area contributed by atoms with Crippen molar-refractivity contribution in [3.63, 3.8) is 0 Å². The largest absolute Gasteiger partial charge is 0.491 e. The lowest BCUT2D eigenvalue weighted by Gasteiger charge is -2.36. The smallest absolute Gasteiger partial charge is 0.137 e. The lowest BCUT2D eigenvalue weighted by atomic mass is 10.2. The van der Waals surface area contributed by atoms with Gasteiger partial charge in [-0.2, -0.15) is 0 Å². The van der Waals surface area contributed by atoms with Crippen molar-refractivity contribution in [3.05, 3.63) is 24.3 Å². The van der Waals surface area contributed by atoms with Gasteiger partial charge in [0.05, 0.1) is 39.3 Å². The van der Waals surface area contributed by atoms with Gasteiger partial charge in [-0.1, -0.05) is 6.07 Å². The number of ether oxygens (including phenoxy) is 2. The highest BCUT2D eigenvalue weighted by atomic mass is 16.5. The van der Waals surface area contributed by atoms with Crippen molar-refractivity contribution >= 4 is 0 Å². The predicted molar refractivity (Wildman–Crippen MR) is 119 cm³/mol. The van der Waals surface area contributed by atoms with Gasteiger partial charge in [0.1, 0.15) is 50.0 Å². The number of hydrogen-bond acceptors (Lipinski definition) is 4. The predicted octanol–water partition coefficient (Wildman–Crippen LogP) is 2.42. The zero-order valence-corrected chi connectivity index (χ0v) is 19.3. The van der Waals surface area contributed by atoms with E-state index in [2.05, 4.69) is 27.9 Å². The number of aliphatic hydroxyl groups is 2. The van der Waals surface area contributed by atoms with E-state index in [0.29, 0.717) is 23.6 Å². The summed E-state index contributed by atoms with van der Waals surface area (Å²) in [5.41, 5.74) is 0. The Balaban J connectivity index is 1.44. The Kier molecular flexibility index (Phi) is 7.66. The number of quaternary nitrogens is 2. The molecule has 6 atom stereocenters. The van der Waals surface area contributed by atoms with Crippen LogP contribution in [0.1, 0.15) is 39.5 Å². The zero-order chi connectivity index (χ0) is 21.8. The van der Waals surface area contributed by atoms with Crippen molar-refractivity contribution < 1.29 is 28.7 Å². The van der Waals surface area contributed by atoms with Crippen LogP contribution in [-0.4, -0.2) is 97.0 Å². The molecule has 0 saturated carbocycles. The van der Waals surface area contributed by atoms with Crippen LogP contribution < -0.4 is 9.47 Å². The number of likely N-dealkylation sites (tertiary alicyclic amines) is 2. The molecule has 0 bridgehead atoms. The number of benzene rings is 1. The van der Waals surface area contributed by atoms with Gasteiger partial charge < -0.3 is 28.7 Å². The SMILES string of the molecule is CC1CCC[N+]1(C)CC(O)COc1cccc(OCC(O)C[N+]2(C)CCCC2C)c1. The molecule has 2 aliphatic heterocycles. The second-order valence-corrected chi connectivity index (χ2v) is 10.2. The highest BCUT2D eigenvalue weighted by Crippen LogP contribution is 2.26. The van der Waals surface area contributed by atoms with Crippen molar-refractivity contribution in [2.24, 2.45) is 0 Å². The molecule has 1 aromatic carbocycles. The summed E-state index contributed by atoms with van der Waals surface area (Å²) in [6.07, 6.45) is 3.93. The first kappa shape index (κ1) is 23.3. The quantitative estimate of drug-likeness (QED) is 0.569. The van der Waals surface area contributed by atoms with Crippen molar-refractivity contribution in [3.8, 4) is 11.5 Å². The molecule has 2 fully saturated rings. The van der Waals surface area contributed by atoms with Crippen LogP contribution in [0.4, 0.5) is 0 Å². The summed E-state index contributed by atoms with van der Waals surface area (Å²) in [4.78, 5) is 0. The first-order valence-electron chi connectivity index (χ1n) is 11.6. The van der Waals surface area contributed by atoms with E-state index in [1.165, 1.54) is 25.7 Å². The van der Waals surface area contributed by atoms with Crippen molar-refractivity contribution in [1.82, 2.24) is 0 Å². The second kappa shape index (κ2) is 9.86. The maximum atomic E-state index is 10.5. The lowest BCUT2D eigenvalue weighted by Crippen LogP contribution is -2.52. The first-order chi connectivity index (χ1) is 14.2. The Morgan fingerprint density at radius 2 is 1.30 bits per heavy atom. The fourth-order valence-electron chi connectivity index (χ4n) is 5.21. The van der Waals surface area contributed by atoms with Crippen LogP contribution >= 0.6 is 0 Å². The van der Waals surface area contributed by atoms with E-state index in [4.69, 9.17) is 9.47 Å². The minimum atomic E-state index is -0.492. The maximum Gasteiger partial charge on any atom is 0.137 e. The Labute approximate surface area is 182 Å². The molecule has 6 nitrogen and oxygen atoms in total. The molecule has 1 aromatic rings. The Bertz CT molecular complexity index is 634. The van der Waals surface area contributed by atoms with E-state index in [9.17, 15) is 10.2 Å². The van der Waals surface area contributed by atoms with Crippen molar-refractivity contribution in [2.45, 2.75) is 63.8 Å². The van der Waals surface area contributed by atoms with E-state index in [0.717, 1.165) is 35.1 Å². The molecule has 2 heterocycles. The summed E-state index contributed by atoms with van der Waals surface area (Å²) in [5.74, 6) is 1.37. The Morgan fingerprint density at radius 3 is 1.67 bits per heavy atom. The minimum Gasteiger partial charge on any atom is -0.491 e. The van der Waals surface area contributed by atoms with Gasteiger partial charge in [-0.05, 0) is 26.0 Å². The molecule has 0 amide bonds. The molecule has 6 unspecified atom stereocenters. The number of likely N-dealkylation sites (N-methyl/N-ethyl adjacent to an activating group) is 2. The van der Waals surface area contributed by atoms with Gasteiger partial charge in [0.25, 0.3) is 0 Å². The van der Waals surface area contributed by atoms with Crippen molar-refractivity contribution in [2.75, 3.05) is 53.5 Å². The summed E-state index contributed by atoms with van der Waals surface area (Å²) in [6.45, 7) is 8.78. The summed E-state index contributed by atoms with van der Waals surface area (Å²) in [7, 11) is 4.46.